The first-order valence-corrected chi connectivity index (χ1v) is 3.16. The van der Waals surface area contributed by atoms with Crippen molar-refractivity contribution in [3.8, 4) is 0 Å². The zero-order chi connectivity index (χ0) is 8.27. The zero-order valence-electron chi connectivity index (χ0n) is 6.36. The highest BCUT2D eigenvalue weighted by atomic mass is 15.3. The Morgan fingerprint density at radius 3 is 3.09 bits per heavy atom. The molecule has 58 valence electrons. The quantitative estimate of drug-likeness (QED) is 0.432. The van der Waals surface area contributed by atoms with Gasteiger partial charge in [-0.2, -0.15) is 0 Å². The number of aliphatic imine (C=N–C) groups is 2. The second-order valence-corrected chi connectivity index (χ2v) is 2.04. The highest BCUT2D eigenvalue weighted by Gasteiger charge is 2.08. The Kier molecular flexibility index (Phi) is 2.06. The fourth-order valence-corrected chi connectivity index (χ4v) is 0.738. The summed E-state index contributed by atoms with van der Waals surface area (Å²) < 4.78 is 0. The molecule has 4 nitrogen and oxygen atoms in total. The fourth-order valence-electron chi connectivity index (χ4n) is 0.738. The third kappa shape index (κ3) is 1.46. The third-order valence-electron chi connectivity index (χ3n) is 1.26. The lowest BCUT2D eigenvalue weighted by Crippen LogP contribution is -2.35. The van der Waals surface area contributed by atoms with Crippen LogP contribution < -0.4 is 5.73 Å². The summed E-state index contributed by atoms with van der Waals surface area (Å²) in [4.78, 5) is 9.28. The van der Waals surface area contributed by atoms with Gasteiger partial charge in [0.1, 0.15) is 0 Å². The Hall–Kier alpha value is -1.58. The molecule has 1 aliphatic rings. The van der Waals surface area contributed by atoms with E-state index in [2.05, 4.69) is 16.6 Å². The van der Waals surface area contributed by atoms with Gasteiger partial charge in [0.05, 0.1) is 6.34 Å². The number of nitrogens with two attached hydrogens (primary N) is 1. The van der Waals surface area contributed by atoms with E-state index in [-0.39, 0.29) is 0 Å². The molecule has 1 heterocycles. The minimum Gasteiger partial charge on any atom is -0.369 e. The van der Waals surface area contributed by atoms with Crippen LogP contribution in [0.2, 0.25) is 0 Å². The van der Waals surface area contributed by atoms with Gasteiger partial charge in [-0.3, -0.25) is 9.89 Å². The second kappa shape index (κ2) is 3.01. The van der Waals surface area contributed by atoms with Crippen LogP contribution in [0.25, 0.3) is 0 Å². The van der Waals surface area contributed by atoms with Crippen molar-refractivity contribution in [2.45, 2.75) is 0 Å². The molecule has 0 spiro atoms. The maximum Gasteiger partial charge on any atom is 0.205 e. The summed E-state index contributed by atoms with van der Waals surface area (Å²) in [6, 6.07) is 0. The molecule has 1 rings (SSSR count). The largest absolute Gasteiger partial charge is 0.369 e. The van der Waals surface area contributed by atoms with Crippen molar-refractivity contribution in [2.75, 3.05) is 7.05 Å². The number of nitrogens with zero attached hydrogens (tertiary/aromatic N) is 3. The van der Waals surface area contributed by atoms with Gasteiger partial charge in [0, 0.05) is 18.9 Å². The van der Waals surface area contributed by atoms with Crippen molar-refractivity contribution in [1.29, 1.82) is 0 Å². The van der Waals surface area contributed by atoms with Gasteiger partial charge in [0.15, 0.2) is 0 Å². The molecule has 0 aliphatic carbocycles. The Morgan fingerprint density at radius 1 is 1.82 bits per heavy atom. The average molecular weight is 150 g/mol. The molecular weight excluding hydrogens is 140 g/mol. The summed E-state index contributed by atoms with van der Waals surface area (Å²) >= 11 is 0. The van der Waals surface area contributed by atoms with Gasteiger partial charge in [-0.15, -0.1) is 0 Å². The summed E-state index contributed by atoms with van der Waals surface area (Å²) in [6.07, 6.45) is 4.94. The smallest absolute Gasteiger partial charge is 0.205 e. The Bertz CT molecular complexity index is 249. The predicted octanol–water partition coefficient (Wildman–Crippen LogP) is 0.302. The average Bonchev–Trinajstić information content (AvgIpc) is 1.97. The molecule has 11 heavy (non-hydrogen) atoms. The molecule has 0 radical (unpaired) electrons. The summed E-state index contributed by atoms with van der Waals surface area (Å²) in [7, 11) is 1.67. The molecule has 2 N–H and O–H groups in total. The van der Waals surface area contributed by atoms with E-state index in [0.29, 0.717) is 5.96 Å². The summed E-state index contributed by atoms with van der Waals surface area (Å²) in [5, 5.41) is 0. The molecule has 0 saturated carbocycles. The highest BCUT2D eigenvalue weighted by molar-refractivity contribution is 5.92. The number of rotatable bonds is 1. The normalized spacial score (nSPS) is 17.7. The van der Waals surface area contributed by atoms with Crippen LogP contribution in [0, 0.1) is 0 Å². The standard InChI is InChI=1S/C7H10N4/c1-6-3-4-10-7(8)11(6)5-9-2/h3-5H,1H2,2H3,(H2,8,10). The molecule has 0 aromatic heterocycles. The molecule has 0 amide bonds. The highest BCUT2D eigenvalue weighted by Crippen LogP contribution is 2.05. The van der Waals surface area contributed by atoms with Crippen LogP contribution in [-0.2, 0) is 0 Å². The Morgan fingerprint density at radius 2 is 2.55 bits per heavy atom. The van der Waals surface area contributed by atoms with E-state index in [0.717, 1.165) is 5.70 Å². The van der Waals surface area contributed by atoms with Crippen molar-refractivity contribution in [3.63, 3.8) is 0 Å². The van der Waals surface area contributed by atoms with Gasteiger partial charge in [-0.25, -0.2) is 4.99 Å². The second-order valence-electron chi connectivity index (χ2n) is 2.04. The van der Waals surface area contributed by atoms with Gasteiger partial charge in [0.2, 0.25) is 5.96 Å². The van der Waals surface area contributed by atoms with E-state index in [4.69, 9.17) is 5.73 Å². The van der Waals surface area contributed by atoms with E-state index in [9.17, 15) is 0 Å². The minimum absolute atomic E-state index is 0.392. The van der Waals surface area contributed by atoms with Crippen LogP contribution in [0.5, 0.6) is 0 Å². The fraction of sp³-hybridized carbons (Fsp3) is 0.143. The van der Waals surface area contributed by atoms with E-state index in [1.807, 2.05) is 0 Å². The lowest BCUT2D eigenvalue weighted by Gasteiger charge is -2.19. The van der Waals surface area contributed by atoms with Crippen molar-refractivity contribution in [2.24, 2.45) is 15.7 Å². The topological polar surface area (TPSA) is 54.0 Å². The van der Waals surface area contributed by atoms with E-state index >= 15 is 0 Å². The lowest BCUT2D eigenvalue weighted by atomic mass is 10.4. The molecule has 1 aliphatic heterocycles. The monoisotopic (exact) mass is 150 g/mol. The van der Waals surface area contributed by atoms with Crippen LogP contribution in [-0.4, -0.2) is 24.2 Å². The zero-order valence-corrected chi connectivity index (χ0v) is 6.36. The van der Waals surface area contributed by atoms with Crippen LogP contribution in [0.3, 0.4) is 0 Å². The van der Waals surface area contributed by atoms with Crippen LogP contribution in [0.4, 0.5) is 0 Å². The third-order valence-corrected chi connectivity index (χ3v) is 1.26. The van der Waals surface area contributed by atoms with Crippen molar-refractivity contribution >= 4 is 12.3 Å². The molecule has 0 bridgehead atoms. The SMILES string of the molecule is C=C1C=CN=C(N)N1C=NC. The van der Waals surface area contributed by atoms with Gasteiger partial charge < -0.3 is 5.73 Å². The van der Waals surface area contributed by atoms with Crippen molar-refractivity contribution in [1.82, 2.24) is 4.90 Å². The molecule has 0 unspecified atom stereocenters. The number of allylic oxidation sites excluding steroid dienone is 1. The first-order chi connectivity index (χ1) is 5.25. The summed E-state index contributed by atoms with van der Waals surface area (Å²) in [5.74, 6) is 0.392. The van der Waals surface area contributed by atoms with Gasteiger partial charge >= 0.3 is 0 Å². The lowest BCUT2D eigenvalue weighted by molar-refractivity contribution is 0.778. The maximum atomic E-state index is 5.53. The number of hydrogen-bond acceptors (Lipinski definition) is 3. The molecule has 0 saturated heterocycles. The summed E-state index contributed by atoms with van der Waals surface area (Å²) in [6.45, 7) is 3.75. The molecule has 0 atom stereocenters. The van der Waals surface area contributed by atoms with Crippen LogP contribution in [0.1, 0.15) is 0 Å². The number of guanidine groups is 1. The predicted molar refractivity (Wildman–Crippen MR) is 46.2 cm³/mol. The Labute approximate surface area is 65.4 Å². The Balaban J connectivity index is 2.86. The first-order valence-electron chi connectivity index (χ1n) is 3.16. The summed E-state index contributed by atoms with van der Waals surface area (Å²) in [5.41, 5.74) is 6.29. The molecule has 0 aromatic carbocycles. The van der Waals surface area contributed by atoms with Crippen LogP contribution in [0.15, 0.2) is 34.5 Å². The molecule has 0 aromatic rings. The van der Waals surface area contributed by atoms with E-state index < -0.39 is 0 Å². The van der Waals surface area contributed by atoms with E-state index in [1.54, 1.807) is 30.6 Å². The van der Waals surface area contributed by atoms with Gasteiger partial charge in [-0.1, -0.05) is 6.58 Å². The van der Waals surface area contributed by atoms with Crippen molar-refractivity contribution < 1.29 is 0 Å². The van der Waals surface area contributed by atoms with Gasteiger partial charge in [0.25, 0.3) is 0 Å². The molecule has 4 heteroatoms. The molecule has 0 fully saturated rings. The van der Waals surface area contributed by atoms with Crippen molar-refractivity contribution in [3.05, 3.63) is 24.6 Å². The van der Waals surface area contributed by atoms with Gasteiger partial charge in [-0.05, 0) is 6.08 Å². The molecular formula is C7H10N4. The van der Waals surface area contributed by atoms with E-state index in [1.165, 1.54) is 0 Å². The van der Waals surface area contributed by atoms with Crippen LogP contribution >= 0.6 is 0 Å². The number of hydrogen-bond donors (Lipinski definition) is 1. The minimum atomic E-state index is 0.392. The maximum absolute atomic E-state index is 5.53. The first kappa shape index (κ1) is 7.53.